The van der Waals surface area contributed by atoms with Crippen molar-refractivity contribution in [3.8, 4) is 5.75 Å². The molecule has 5 heteroatoms. The van der Waals surface area contributed by atoms with Crippen LogP contribution in [0, 0.1) is 0 Å². The molecule has 0 radical (unpaired) electrons. The predicted molar refractivity (Wildman–Crippen MR) is 77.0 cm³/mol. The van der Waals surface area contributed by atoms with Crippen LogP contribution in [0.25, 0.3) is 0 Å². The van der Waals surface area contributed by atoms with Crippen molar-refractivity contribution >= 4 is 23.3 Å². The summed E-state index contributed by atoms with van der Waals surface area (Å²) in [6, 6.07) is 4.97. The van der Waals surface area contributed by atoms with E-state index in [-0.39, 0.29) is 12.0 Å². The maximum atomic E-state index is 11.7. The molecule has 0 fully saturated rings. The molecule has 0 spiro atoms. The number of anilines is 1. The van der Waals surface area contributed by atoms with Crippen LogP contribution < -0.4 is 10.1 Å². The molecule has 1 aromatic rings. The van der Waals surface area contributed by atoms with Gasteiger partial charge in [-0.05, 0) is 24.6 Å². The molecular weight excluding hydrogens is 266 g/mol. The highest BCUT2D eigenvalue weighted by Crippen LogP contribution is 2.27. The standard InChI is InChI=1S/C14H20ClNO3/c1-4-5-6-12(14(17)19-3)16-10-7-8-13(18-2)11(15)9-10/h7-9,12,16H,4-6H2,1-3H3. The molecule has 1 atom stereocenters. The van der Waals surface area contributed by atoms with Crippen molar-refractivity contribution in [1.29, 1.82) is 0 Å². The van der Waals surface area contributed by atoms with Gasteiger partial charge >= 0.3 is 5.97 Å². The molecule has 0 saturated carbocycles. The second-order valence-corrected chi connectivity index (χ2v) is 4.62. The van der Waals surface area contributed by atoms with Crippen molar-refractivity contribution in [1.82, 2.24) is 0 Å². The third-order valence-electron chi connectivity index (χ3n) is 2.82. The van der Waals surface area contributed by atoms with Crippen LogP contribution in [0.15, 0.2) is 18.2 Å². The van der Waals surface area contributed by atoms with Crippen LogP contribution in [0.3, 0.4) is 0 Å². The lowest BCUT2D eigenvalue weighted by Gasteiger charge is -2.18. The topological polar surface area (TPSA) is 47.6 Å². The van der Waals surface area contributed by atoms with Gasteiger partial charge in [-0.25, -0.2) is 4.79 Å². The Labute approximate surface area is 119 Å². The van der Waals surface area contributed by atoms with Gasteiger partial charge in [-0.15, -0.1) is 0 Å². The second kappa shape index (κ2) is 7.89. The second-order valence-electron chi connectivity index (χ2n) is 4.21. The smallest absolute Gasteiger partial charge is 0.328 e. The molecule has 0 aliphatic rings. The normalized spacial score (nSPS) is 11.8. The molecule has 0 saturated heterocycles. The summed E-state index contributed by atoms with van der Waals surface area (Å²) in [7, 11) is 2.96. The number of benzene rings is 1. The number of rotatable bonds is 7. The molecule has 106 valence electrons. The number of hydrogen-bond donors (Lipinski definition) is 1. The summed E-state index contributed by atoms with van der Waals surface area (Å²) < 4.78 is 9.88. The number of esters is 1. The zero-order valence-electron chi connectivity index (χ0n) is 11.5. The van der Waals surface area contributed by atoms with Crippen LogP contribution in [0.1, 0.15) is 26.2 Å². The van der Waals surface area contributed by atoms with Crippen molar-refractivity contribution in [3.05, 3.63) is 23.2 Å². The first-order valence-corrected chi connectivity index (χ1v) is 6.68. The van der Waals surface area contributed by atoms with Crippen LogP contribution in [-0.2, 0) is 9.53 Å². The Morgan fingerprint density at radius 1 is 1.42 bits per heavy atom. The average Bonchev–Trinajstić information content (AvgIpc) is 2.42. The Morgan fingerprint density at radius 3 is 2.68 bits per heavy atom. The van der Waals surface area contributed by atoms with Crippen molar-refractivity contribution in [2.45, 2.75) is 32.2 Å². The number of methoxy groups -OCH3 is 2. The molecule has 0 aliphatic carbocycles. The highest BCUT2D eigenvalue weighted by molar-refractivity contribution is 6.32. The fourth-order valence-corrected chi connectivity index (χ4v) is 2.01. The van der Waals surface area contributed by atoms with Crippen LogP contribution in [0.5, 0.6) is 5.75 Å². The lowest BCUT2D eigenvalue weighted by molar-refractivity contribution is -0.141. The van der Waals surface area contributed by atoms with E-state index in [2.05, 4.69) is 12.2 Å². The molecule has 1 aromatic carbocycles. The lowest BCUT2D eigenvalue weighted by Crippen LogP contribution is -2.30. The number of unbranched alkanes of at least 4 members (excludes halogenated alkanes) is 1. The van der Waals surface area contributed by atoms with E-state index in [1.165, 1.54) is 7.11 Å². The molecule has 19 heavy (non-hydrogen) atoms. The van der Waals surface area contributed by atoms with Crippen molar-refractivity contribution in [2.24, 2.45) is 0 Å². The lowest BCUT2D eigenvalue weighted by atomic mass is 10.1. The van der Waals surface area contributed by atoms with Gasteiger partial charge < -0.3 is 14.8 Å². The molecule has 1 N–H and O–H groups in total. The SMILES string of the molecule is CCCCC(Nc1ccc(OC)c(Cl)c1)C(=O)OC. The predicted octanol–water partition coefficient (Wildman–Crippen LogP) is 3.49. The molecule has 0 amide bonds. The molecule has 1 rings (SSSR count). The van der Waals surface area contributed by atoms with E-state index < -0.39 is 0 Å². The summed E-state index contributed by atoms with van der Waals surface area (Å²) in [5, 5.41) is 3.65. The summed E-state index contributed by atoms with van der Waals surface area (Å²) in [6.07, 6.45) is 2.71. The minimum Gasteiger partial charge on any atom is -0.495 e. The van der Waals surface area contributed by atoms with Crippen LogP contribution in [0.4, 0.5) is 5.69 Å². The van der Waals surface area contributed by atoms with Crippen LogP contribution >= 0.6 is 11.6 Å². The maximum Gasteiger partial charge on any atom is 0.328 e. The third kappa shape index (κ3) is 4.63. The van der Waals surface area contributed by atoms with Gasteiger partial charge in [-0.1, -0.05) is 31.4 Å². The van der Waals surface area contributed by atoms with Gasteiger partial charge in [0.25, 0.3) is 0 Å². The zero-order chi connectivity index (χ0) is 14.3. The van der Waals surface area contributed by atoms with Crippen molar-refractivity contribution in [2.75, 3.05) is 19.5 Å². The Kier molecular flexibility index (Phi) is 6.50. The highest BCUT2D eigenvalue weighted by atomic mass is 35.5. The highest BCUT2D eigenvalue weighted by Gasteiger charge is 2.18. The quantitative estimate of drug-likeness (QED) is 0.779. The van der Waals surface area contributed by atoms with Gasteiger partial charge in [0.05, 0.1) is 19.2 Å². The summed E-state index contributed by atoms with van der Waals surface area (Å²) >= 11 is 6.05. The van der Waals surface area contributed by atoms with Gasteiger partial charge in [0, 0.05) is 5.69 Å². The van der Waals surface area contributed by atoms with Crippen molar-refractivity contribution in [3.63, 3.8) is 0 Å². The molecular formula is C14H20ClNO3. The van der Waals surface area contributed by atoms with Crippen LogP contribution in [0.2, 0.25) is 5.02 Å². The molecule has 0 bridgehead atoms. The molecule has 0 heterocycles. The van der Waals surface area contributed by atoms with Crippen LogP contribution in [-0.4, -0.2) is 26.2 Å². The average molecular weight is 286 g/mol. The summed E-state index contributed by atoms with van der Waals surface area (Å²) in [4.78, 5) is 11.7. The van der Waals surface area contributed by atoms with Gasteiger partial charge in [0.1, 0.15) is 11.8 Å². The number of nitrogens with one attached hydrogen (secondary N) is 1. The van der Waals surface area contributed by atoms with Crippen molar-refractivity contribution < 1.29 is 14.3 Å². The van der Waals surface area contributed by atoms with Gasteiger partial charge in [0.15, 0.2) is 0 Å². The molecule has 0 aliphatic heterocycles. The number of carbonyl (C=O) groups is 1. The minimum atomic E-state index is -0.352. The monoisotopic (exact) mass is 285 g/mol. The number of hydrogen-bond acceptors (Lipinski definition) is 4. The van der Waals surface area contributed by atoms with E-state index in [1.54, 1.807) is 19.2 Å². The fourth-order valence-electron chi connectivity index (χ4n) is 1.76. The fraction of sp³-hybridized carbons (Fsp3) is 0.500. The summed E-state index contributed by atoms with van der Waals surface area (Å²) in [5.74, 6) is 0.343. The Bertz CT molecular complexity index is 423. The number of halogens is 1. The first-order valence-electron chi connectivity index (χ1n) is 6.30. The molecule has 4 nitrogen and oxygen atoms in total. The van der Waals surface area contributed by atoms with Gasteiger partial charge in [-0.3, -0.25) is 0 Å². The van der Waals surface area contributed by atoms with E-state index in [9.17, 15) is 4.79 Å². The largest absolute Gasteiger partial charge is 0.495 e. The van der Waals surface area contributed by atoms with E-state index in [0.717, 1.165) is 24.9 Å². The maximum absolute atomic E-state index is 11.7. The number of carbonyl (C=O) groups excluding carboxylic acids is 1. The Morgan fingerprint density at radius 2 is 2.16 bits per heavy atom. The minimum absolute atomic E-state index is 0.264. The molecule has 0 aromatic heterocycles. The molecule has 1 unspecified atom stereocenters. The van der Waals surface area contributed by atoms with E-state index >= 15 is 0 Å². The van der Waals surface area contributed by atoms with E-state index in [0.29, 0.717) is 10.8 Å². The summed E-state index contributed by atoms with van der Waals surface area (Å²) in [5.41, 5.74) is 0.775. The van der Waals surface area contributed by atoms with Gasteiger partial charge in [0.2, 0.25) is 0 Å². The van der Waals surface area contributed by atoms with E-state index in [1.807, 2.05) is 6.07 Å². The Hall–Kier alpha value is -1.42. The zero-order valence-corrected chi connectivity index (χ0v) is 12.3. The number of ether oxygens (including phenoxy) is 2. The van der Waals surface area contributed by atoms with E-state index in [4.69, 9.17) is 21.1 Å². The Balaban J connectivity index is 2.77. The first-order chi connectivity index (χ1) is 9.12. The first kappa shape index (κ1) is 15.6. The summed E-state index contributed by atoms with van der Waals surface area (Å²) in [6.45, 7) is 2.08. The third-order valence-corrected chi connectivity index (χ3v) is 3.12. The van der Waals surface area contributed by atoms with Gasteiger partial charge in [-0.2, -0.15) is 0 Å².